The second-order valence-electron chi connectivity index (χ2n) is 3.33. The molecule has 0 unspecified atom stereocenters. The van der Waals surface area contributed by atoms with Gasteiger partial charge in [0.2, 0.25) is 0 Å². The third-order valence-electron chi connectivity index (χ3n) is 2.32. The van der Waals surface area contributed by atoms with Crippen LogP contribution in [0.5, 0.6) is 0 Å². The van der Waals surface area contributed by atoms with E-state index in [1.54, 1.807) is 12.1 Å². The zero-order valence-corrected chi connectivity index (χ0v) is 10.5. The maximum atomic E-state index is 11.1. The number of rotatable bonds is 2. The minimum atomic E-state index is -0.893. The Morgan fingerprint density at radius 1 is 0.938 bits per heavy atom. The zero-order valence-electron chi connectivity index (χ0n) is 8.35. The van der Waals surface area contributed by atoms with Crippen molar-refractivity contribution < 1.29 is 9.90 Å². The SMILES string of the molecule is O=C(O)c1ccccc1-c1ccccc1I. The molecule has 16 heavy (non-hydrogen) atoms. The largest absolute Gasteiger partial charge is 0.478 e. The lowest BCUT2D eigenvalue weighted by molar-refractivity contribution is 0.0697. The van der Waals surface area contributed by atoms with Crippen molar-refractivity contribution in [2.45, 2.75) is 0 Å². The van der Waals surface area contributed by atoms with Crippen molar-refractivity contribution in [1.82, 2.24) is 0 Å². The van der Waals surface area contributed by atoms with E-state index < -0.39 is 5.97 Å². The van der Waals surface area contributed by atoms with Gasteiger partial charge in [-0.2, -0.15) is 0 Å². The molecule has 0 heterocycles. The highest BCUT2D eigenvalue weighted by Gasteiger charge is 2.12. The highest BCUT2D eigenvalue weighted by molar-refractivity contribution is 14.1. The fraction of sp³-hybridized carbons (Fsp3) is 0. The van der Waals surface area contributed by atoms with Crippen molar-refractivity contribution in [3.05, 3.63) is 57.7 Å². The van der Waals surface area contributed by atoms with Crippen LogP contribution in [0, 0.1) is 3.57 Å². The Labute approximate surface area is 107 Å². The van der Waals surface area contributed by atoms with Crippen molar-refractivity contribution in [2.75, 3.05) is 0 Å². The number of benzene rings is 2. The quantitative estimate of drug-likeness (QED) is 0.856. The maximum absolute atomic E-state index is 11.1. The van der Waals surface area contributed by atoms with Gasteiger partial charge in [0.05, 0.1) is 5.56 Å². The molecule has 0 saturated carbocycles. The first-order valence-electron chi connectivity index (χ1n) is 4.77. The summed E-state index contributed by atoms with van der Waals surface area (Å²) in [7, 11) is 0. The zero-order chi connectivity index (χ0) is 11.5. The van der Waals surface area contributed by atoms with Crippen LogP contribution in [0.3, 0.4) is 0 Å². The lowest BCUT2D eigenvalue weighted by atomic mass is 10.00. The Hall–Kier alpha value is -1.36. The van der Waals surface area contributed by atoms with Crippen molar-refractivity contribution in [3.8, 4) is 11.1 Å². The van der Waals surface area contributed by atoms with Crippen LogP contribution < -0.4 is 0 Å². The number of aromatic carboxylic acids is 1. The van der Waals surface area contributed by atoms with E-state index in [4.69, 9.17) is 5.11 Å². The van der Waals surface area contributed by atoms with Gasteiger partial charge < -0.3 is 5.11 Å². The topological polar surface area (TPSA) is 37.3 Å². The first-order chi connectivity index (χ1) is 7.70. The number of carboxylic acid groups (broad SMARTS) is 1. The van der Waals surface area contributed by atoms with E-state index in [0.717, 1.165) is 14.7 Å². The summed E-state index contributed by atoms with van der Waals surface area (Å²) in [6.45, 7) is 0. The summed E-state index contributed by atoms with van der Waals surface area (Å²) in [6.07, 6.45) is 0. The van der Waals surface area contributed by atoms with Gasteiger partial charge in [0.1, 0.15) is 0 Å². The van der Waals surface area contributed by atoms with Crippen molar-refractivity contribution in [3.63, 3.8) is 0 Å². The van der Waals surface area contributed by atoms with Gasteiger partial charge in [-0.15, -0.1) is 0 Å². The normalized spacial score (nSPS) is 10.1. The molecule has 0 amide bonds. The molecule has 2 rings (SSSR count). The van der Waals surface area contributed by atoms with E-state index in [9.17, 15) is 4.79 Å². The number of carboxylic acids is 1. The number of hydrogen-bond acceptors (Lipinski definition) is 1. The van der Waals surface area contributed by atoms with Gasteiger partial charge in [0.25, 0.3) is 0 Å². The number of hydrogen-bond donors (Lipinski definition) is 1. The van der Waals surface area contributed by atoms with Crippen LogP contribution in [0.1, 0.15) is 10.4 Å². The average molecular weight is 324 g/mol. The maximum Gasteiger partial charge on any atom is 0.336 e. The van der Waals surface area contributed by atoms with E-state index in [1.165, 1.54) is 0 Å². The van der Waals surface area contributed by atoms with Crippen LogP contribution in [0.15, 0.2) is 48.5 Å². The molecule has 0 aromatic heterocycles. The monoisotopic (exact) mass is 324 g/mol. The molecule has 0 atom stereocenters. The predicted octanol–water partition coefficient (Wildman–Crippen LogP) is 3.66. The van der Waals surface area contributed by atoms with Gasteiger partial charge in [-0.05, 0) is 45.9 Å². The average Bonchev–Trinajstić information content (AvgIpc) is 2.29. The fourth-order valence-corrected chi connectivity index (χ4v) is 2.26. The van der Waals surface area contributed by atoms with Gasteiger partial charge >= 0.3 is 5.97 Å². The molecule has 2 aromatic carbocycles. The lowest BCUT2D eigenvalue weighted by Gasteiger charge is -2.07. The second kappa shape index (κ2) is 4.65. The molecule has 0 saturated heterocycles. The highest BCUT2D eigenvalue weighted by Crippen LogP contribution is 2.27. The summed E-state index contributed by atoms with van der Waals surface area (Å²) in [6, 6.07) is 14.8. The van der Waals surface area contributed by atoms with E-state index >= 15 is 0 Å². The van der Waals surface area contributed by atoms with Gasteiger partial charge in [-0.25, -0.2) is 4.79 Å². The summed E-state index contributed by atoms with van der Waals surface area (Å²) in [5.41, 5.74) is 2.06. The standard InChI is InChI=1S/C13H9IO2/c14-12-8-4-3-6-10(12)9-5-1-2-7-11(9)13(15)16/h1-8H,(H,15,16). The Morgan fingerprint density at radius 2 is 1.50 bits per heavy atom. The van der Waals surface area contributed by atoms with Crippen LogP contribution in [-0.4, -0.2) is 11.1 Å². The Morgan fingerprint density at radius 3 is 2.12 bits per heavy atom. The van der Waals surface area contributed by atoms with Crippen molar-refractivity contribution in [1.29, 1.82) is 0 Å². The van der Waals surface area contributed by atoms with Crippen LogP contribution in [0.25, 0.3) is 11.1 Å². The van der Waals surface area contributed by atoms with E-state index in [2.05, 4.69) is 22.6 Å². The predicted molar refractivity (Wildman–Crippen MR) is 71.6 cm³/mol. The minimum absolute atomic E-state index is 0.339. The summed E-state index contributed by atoms with van der Waals surface area (Å²) in [5, 5.41) is 9.12. The molecule has 0 radical (unpaired) electrons. The molecular weight excluding hydrogens is 315 g/mol. The third kappa shape index (κ3) is 2.09. The summed E-state index contributed by atoms with van der Waals surface area (Å²) < 4.78 is 1.05. The second-order valence-corrected chi connectivity index (χ2v) is 4.49. The first-order valence-corrected chi connectivity index (χ1v) is 5.85. The highest BCUT2D eigenvalue weighted by atomic mass is 127. The molecular formula is C13H9IO2. The Balaban J connectivity index is 2.65. The molecule has 0 fully saturated rings. The van der Waals surface area contributed by atoms with Crippen LogP contribution >= 0.6 is 22.6 Å². The van der Waals surface area contributed by atoms with Crippen LogP contribution in [0.4, 0.5) is 0 Å². The van der Waals surface area contributed by atoms with Gasteiger partial charge in [0.15, 0.2) is 0 Å². The van der Waals surface area contributed by atoms with Gasteiger partial charge in [0, 0.05) is 3.57 Å². The van der Waals surface area contributed by atoms with E-state index in [1.807, 2.05) is 36.4 Å². The van der Waals surface area contributed by atoms with Crippen LogP contribution in [-0.2, 0) is 0 Å². The minimum Gasteiger partial charge on any atom is -0.478 e. The summed E-state index contributed by atoms with van der Waals surface area (Å²) in [5.74, 6) is -0.893. The van der Waals surface area contributed by atoms with Gasteiger partial charge in [-0.3, -0.25) is 0 Å². The third-order valence-corrected chi connectivity index (χ3v) is 3.26. The molecule has 2 nitrogen and oxygen atoms in total. The molecule has 0 aliphatic rings. The smallest absolute Gasteiger partial charge is 0.336 e. The van der Waals surface area contributed by atoms with Gasteiger partial charge in [-0.1, -0.05) is 36.4 Å². The molecule has 1 N–H and O–H groups in total. The lowest BCUT2D eigenvalue weighted by Crippen LogP contribution is -1.99. The molecule has 0 bridgehead atoms. The number of carbonyl (C=O) groups is 1. The molecule has 0 spiro atoms. The molecule has 0 aliphatic heterocycles. The molecule has 80 valence electrons. The van der Waals surface area contributed by atoms with E-state index in [0.29, 0.717) is 5.56 Å². The fourth-order valence-electron chi connectivity index (χ4n) is 1.58. The Bertz CT molecular complexity index is 535. The Kier molecular flexibility index (Phi) is 3.24. The number of halogens is 1. The van der Waals surface area contributed by atoms with Crippen molar-refractivity contribution in [2.24, 2.45) is 0 Å². The molecule has 3 heteroatoms. The van der Waals surface area contributed by atoms with Crippen LogP contribution in [0.2, 0.25) is 0 Å². The van der Waals surface area contributed by atoms with E-state index in [-0.39, 0.29) is 0 Å². The van der Waals surface area contributed by atoms with Crippen molar-refractivity contribution >= 4 is 28.6 Å². The molecule has 0 aliphatic carbocycles. The first kappa shape index (κ1) is 11.1. The summed E-state index contributed by atoms with van der Waals surface area (Å²) in [4.78, 5) is 11.1. The summed E-state index contributed by atoms with van der Waals surface area (Å²) >= 11 is 2.21. The molecule has 2 aromatic rings.